The van der Waals surface area contributed by atoms with Crippen LogP contribution in [0.1, 0.15) is 27.2 Å². The Hall–Kier alpha value is -0.130. The molecule has 1 aliphatic rings. The Labute approximate surface area is 98.7 Å². The Morgan fingerprint density at radius 3 is 2.56 bits per heavy atom. The third-order valence-corrected chi connectivity index (χ3v) is 4.71. The fourth-order valence-corrected chi connectivity index (χ4v) is 3.94. The smallest absolute Gasteiger partial charge is 0.150 e. The molecule has 1 heterocycles. The van der Waals surface area contributed by atoms with E-state index in [1.165, 1.54) is 0 Å². The maximum atomic E-state index is 11.4. The van der Waals surface area contributed by atoms with Crippen molar-refractivity contribution in [2.45, 2.75) is 39.3 Å². The first kappa shape index (κ1) is 13.9. The number of likely N-dealkylation sites (N-methyl/N-ethyl adjacent to an activating group) is 1. The maximum Gasteiger partial charge on any atom is 0.150 e. The molecule has 0 saturated carbocycles. The van der Waals surface area contributed by atoms with Crippen LogP contribution >= 0.6 is 0 Å². The highest BCUT2D eigenvalue weighted by Crippen LogP contribution is 2.22. The normalized spacial score (nSPS) is 26.1. The summed E-state index contributed by atoms with van der Waals surface area (Å²) < 4.78 is 28.4. The highest BCUT2D eigenvalue weighted by atomic mass is 32.2. The summed E-state index contributed by atoms with van der Waals surface area (Å²) in [7, 11) is -2.79. The van der Waals surface area contributed by atoms with Crippen LogP contribution in [-0.2, 0) is 14.6 Å². The van der Waals surface area contributed by atoms with Crippen molar-refractivity contribution in [1.29, 1.82) is 0 Å². The average Bonchev–Trinajstić information content (AvgIpc) is 2.53. The summed E-state index contributed by atoms with van der Waals surface area (Å²) in [4.78, 5) is 0. The van der Waals surface area contributed by atoms with Gasteiger partial charge in [-0.1, -0.05) is 6.92 Å². The van der Waals surface area contributed by atoms with E-state index in [1.807, 2.05) is 20.8 Å². The lowest BCUT2D eigenvalue weighted by Crippen LogP contribution is -2.41. The summed E-state index contributed by atoms with van der Waals surface area (Å²) in [6.07, 6.45) is 0.959. The van der Waals surface area contributed by atoms with E-state index in [-0.39, 0.29) is 18.1 Å². The van der Waals surface area contributed by atoms with Crippen LogP contribution in [0.25, 0.3) is 0 Å². The van der Waals surface area contributed by atoms with Crippen molar-refractivity contribution in [3.8, 4) is 0 Å². The molecule has 0 aromatic rings. The molecule has 4 nitrogen and oxygen atoms in total. The van der Waals surface area contributed by atoms with Crippen molar-refractivity contribution in [3.63, 3.8) is 0 Å². The molecule has 0 aromatic heterocycles. The van der Waals surface area contributed by atoms with E-state index in [0.717, 1.165) is 13.0 Å². The summed E-state index contributed by atoms with van der Waals surface area (Å²) in [5, 5.41) is 3.33. The molecule has 1 N–H and O–H groups in total. The molecule has 1 rings (SSSR count). The molecule has 1 aliphatic heterocycles. The summed E-state index contributed by atoms with van der Waals surface area (Å²) in [6, 6.07) is 0.171. The number of ether oxygens (including phenoxy) is 1. The largest absolute Gasteiger partial charge is 0.377 e. The van der Waals surface area contributed by atoms with Gasteiger partial charge >= 0.3 is 0 Å². The quantitative estimate of drug-likeness (QED) is 0.757. The molecule has 0 bridgehead atoms. The second kappa shape index (κ2) is 5.98. The highest BCUT2D eigenvalue weighted by Gasteiger charge is 2.33. The van der Waals surface area contributed by atoms with Gasteiger partial charge in [-0.2, -0.15) is 0 Å². The Balaban J connectivity index is 2.50. The maximum absolute atomic E-state index is 11.4. The standard InChI is InChI=1S/C11H23NO3S/c1-4-12-11(7-15-9(2)3)10-5-6-16(13,14)8-10/h9-12H,4-8H2,1-3H3. The molecule has 1 saturated heterocycles. The number of hydrogen-bond acceptors (Lipinski definition) is 4. The molecule has 0 amide bonds. The summed E-state index contributed by atoms with van der Waals surface area (Å²) in [5.41, 5.74) is 0. The molecule has 0 aliphatic carbocycles. The summed E-state index contributed by atoms with van der Waals surface area (Å²) in [5.74, 6) is 0.858. The molecular weight excluding hydrogens is 226 g/mol. The fourth-order valence-electron chi connectivity index (χ4n) is 2.06. The number of nitrogens with one attached hydrogen (secondary N) is 1. The summed E-state index contributed by atoms with van der Waals surface area (Å²) in [6.45, 7) is 7.48. The minimum Gasteiger partial charge on any atom is -0.377 e. The van der Waals surface area contributed by atoms with E-state index in [4.69, 9.17) is 4.74 Å². The van der Waals surface area contributed by atoms with Crippen LogP contribution in [0, 0.1) is 5.92 Å². The van der Waals surface area contributed by atoms with E-state index in [0.29, 0.717) is 18.1 Å². The average molecular weight is 249 g/mol. The zero-order chi connectivity index (χ0) is 12.2. The van der Waals surface area contributed by atoms with Gasteiger partial charge in [-0.05, 0) is 32.7 Å². The van der Waals surface area contributed by atoms with E-state index in [1.54, 1.807) is 0 Å². The van der Waals surface area contributed by atoms with Gasteiger partial charge < -0.3 is 10.1 Å². The lowest BCUT2D eigenvalue weighted by atomic mass is 10.00. The lowest BCUT2D eigenvalue weighted by molar-refractivity contribution is 0.0511. The van der Waals surface area contributed by atoms with Crippen LogP contribution in [-0.4, -0.2) is 45.2 Å². The topological polar surface area (TPSA) is 55.4 Å². The van der Waals surface area contributed by atoms with Crippen molar-refractivity contribution in [2.24, 2.45) is 5.92 Å². The zero-order valence-electron chi connectivity index (χ0n) is 10.4. The third kappa shape index (κ3) is 4.39. The first-order chi connectivity index (χ1) is 7.44. The molecular formula is C11H23NO3S. The van der Waals surface area contributed by atoms with Gasteiger partial charge in [0, 0.05) is 6.04 Å². The minimum absolute atomic E-state index is 0.171. The SMILES string of the molecule is CCNC(COC(C)C)C1CCS(=O)(=O)C1. The number of hydrogen-bond donors (Lipinski definition) is 1. The molecule has 16 heavy (non-hydrogen) atoms. The van der Waals surface area contributed by atoms with Gasteiger partial charge in [0.15, 0.2) is 9.84 Å². The first-order valence-electron chi connectivity index (χ1n) is 6.00. The predicted molar refractivity (Wildman–Crippen MR) is 65.3 cm³/mol. The molecule has 0 radical (unpaired) electrons. The molecule has 2 atom stereocenters. The van der Waals surface area contributed by atoms with Gasteiger partial charge in [-0.15, -0.1) is 0 Å². The van der Waals surface area contributed by atoms with Crippen molar-refractivity contribution in [2.75, 3.05) is 24.7 Å². The van der Waals surface area contributed by atoms with E-state index in [2.05, 4.69) is 5.32 Å². The van der Waals surface area contributed by atoms with Crippen molar-refractivity contribution in [3.05, 3.63) is 0 Å². The Morgan fingerprint density at radius 2 is 2.12 bits per heavy atom. The second-order valence-electron chi connectivity index (χ2n) is 4.71. The van der Waals surface area contributed by atoms with Crippen LogP contribution in [0.15, 0.2) is 0 Å². The molecule has 0 spiro atoms. The first-order valence-corrected chi connectivity index (χ1v) is 7.82. The molecule has 2 unspecified atom stereocenters. The van der Waals surface area contributed by atoms with Gasteiger partial charge in [-0.3, -0.25) is 0 Å². The van der Waals surface area contributed by atoms with Crippen LogP contribution in [0.3, 0.4) is 0 Å². The van der Waals surface area contributed by atoms with Gasteiger partial charge in [0.25, 0.3) is 0 Å². The second-order valence-corrected chi connectivity index (χ2v) is 6.94. The zero-order valence-corrected chi connectivity index (χ0v) is 11.2. The Kier molecular flexibility index (Phi) is 5.21. The third-order valence-electron chi connectivity index (χ3n) is 2.91. The van der Waals surface area contributed by atoms with Gasteiger partial charge in [0.1, 0.15) is 0 Å². The lowest BCUT2D eigenvalue weighted by Gasteiger charge is -2.24. The monoisotopic (exact) mass is 249 g/mol. The molecule has 96 valence electrons. The number of rotatable bonds is 6. The molecule has 0 aromatic carbocycles. The van der Waals surface area contributed by atoms with Crippen LogP contribution in [0.4, 0.5) is 0 Å². The van der Waals surface area contributed by atoms with Crippen molar-refractivity contribution < 1.29 is 13.2 Å². The molecule has 1 fully saturated rings. The number of sulfone groups is 1. The Bertz CT molecular complexity index is 300. The van der Waals surface area contributed by atoms with E-state index < -0.39 is 9.84 Å². The van der Waals surface area contributed by atoms with Crippen molar-refractivity contribution >= 4 is 9.84 Å². The van der Waals surface area contributed by atoms with Crippen molar-refractivity contribution in [1.82, 2.24) is 5.32 Å². The van der Waals surface area contributed by atoms with Crippen LogP contribution in [0.5, 0.6) is 0 Å². The minimum atomic E-state index is -2.79. The summed E-state index contributed by atoms with van der Waals surface area (Å²) >= 11 is 0. The molecule has 5 heteroatoms. The highest BCUT2D eigenvalue weighted by molar-refractivity contribution is 7.91. The van der Waals surface area contributed by atoms with Gasteiger partial charge in [0.2, 0.25) is 0 Å². The van der Waals surface area contributed by atoms with E-state index >= 15 is 0 Å². The van der Waals surface area contributed by atoms with E-state index in [9.17, 15) is 8.42 Å². The van der Waals surface area contributed by atoms with Crippen LogP contribution in [0.2, 0.25) is 0 Å². The predicted octanol–water partition coefficient (Wildman–Crippen LogP) is 0.824. The Morgan fingerprint density at radius 1 is 1.44 bits per heavy atom. The van der Waals surface area contributed by atoms with Gasteiger partial charge in [-0.25, -0.2) is 8.42 Å². The fraction of sp³-hybridized carbons (Fsp3) is 1.00. The van der Waals surface area contributed by atoms with Crippen LogP contribution < -0.4 is 5.32 Å². The van der Waals surface area contributed by atoms with Gasteiger partial charge in [0.05, 0.1) is 24.2 Å².